The molecule has 0 saturated carbocycles. The van der Waals surface area contributed by atoms with Crippen LogP contribution in [0.4, 0.5) is 11.4 Å². The van der Waals surface area contributed by atoms with Gasteiger partial charge in [0.25, 0.3) is 0 Å². The number of rotatable bonds is 3. The van der Waals surface area contributed by atoms with Crippen molar-refractivity contribution in [3.63, 3.8) is 0 Å². The number of hydrogen-bond donors (Lipinski definition) is 0. The van der Waals surface area contributed by atoms with Gasteiger partial charge in [0.1, 0.15) is 11.9 Å². The molecule has 8 heteroatoms. The van der Waals surface area contributed by atoms with Gasteiger partial charge in [-0.2, -0.15) is 0 Å². The molecule has 114 valence electrons. The van der Waals surface area contributed by atoms with Gasteiger partial charge < -0.3 is 14.2 Å². The Kier molecular flexibility index (Phi) is 3.71. The van der Waals surface area contributed by atoms with Gasteiger partial charge in [0, 0.05) is 25.8 Å². The Bertz CT molecular complexity index is 559. The fourth-order valence-corrected chi connectivity index (χ4v) is 2.22. The highest BCUT2D eigenvalue weighted by atomic mass is 16.7. The lowest BCUT2D eigenvalue weighted by Crippen LogP contribution is -2.41. The predicted molar refractivity (Wildman–Crippen MR) is 80.9 cm³/mol. The minimum absolute atomic E-state index is 0.0628. The third-order valence-electron chi connectivity index (χ3n) is 4.08. The van der Waals surface area contributed by atoms with Crippen LogP contribution in [0.1, 0.15) is 27.7 Å². The first kappa shape index (κ1) is 15.7. The van der Waals surface area contributed by atoms with Crippen LogP contribution in [-0.4, -0.2) is 42.3 Å². The van der Waals surface area contributed by atoms with Crippen molar-refractivity contribution in [3.05, 3.63) is 22.5 Å². The van der Waals surface area contributed by atoms with Crippen LogP contribution < -0.4 is 10.4 Å². The van der Waals surface area contributed by atoms with Gasteiger partial charge in [0.2, 0.25) is 0 Å². The second-order valence-corrected chi connectivity index (χ2v) is 6.34. The molecule has 0 aliphatic carbocycles. The predicted octanol–water partition coefficient (Wildman–Crippen LogP) is 1.35. The van der Waals surface area contributed by atoms with Crippen molar-refractivity contribution in [2.45, 2.75) is 38.9 Å². The lowest BCUT2D eigenvalue weighted by molar-refractivity contribution is -0.384. The quantitative estimate of drug-likeness (QED) is 0.475. The third-order valence-corrected chi connectivity index (χ3v) is 4.08. The van der Waals surface area contributed by atoms with Gasteiger partial charge in [-0.1, -0.05) is 0 Å². The monoisotopic (exact) mass is 293 g/mol. The molecule has 0 N–H and O–H groups in total. The normalized spacial score (nSPS) is 19.6. The highest BCUT2D eigenvalue weighted by molar-refractivity contribution is 6.64. The van der Waals surface area contributed by atoms with Crippen molar-refractivity contribution in [2.75, 3.05) is 19.0 Å². The largest absolute Gasteiger partial charge is 0.498 e. The van der Waals surface area contributed by atoms with E-state index in [-0.39, 0.29) is 5.69 Å². The summed E-state index contributed by atoms with van der Waals surface area (Å²) in [6.07, 6.45) is 2.80. The molecular formula is C13H20BN3O4. The molecule has 1 saturated heterocycles. The summed E-state index contributed by atoms with van der Waals surface area (Å²) in [6, 6.07) is 0. The van der Waals surface area contributed by atoms with Gasteiger partial charge in [0.15, 0.2) is 0 Å². The van der Waals surface area contributed by atoms with E-state index in [1.165, 1.54) is 6.20 Å². The lowest BCUT2D eigenvalue weighted by Gasteiger charge is -2.32. The van der Waals surface area contributed by atoms with Crippen molar-refractivity contribution in [1.82, 2.24) is 4.98 Å². The highest BCUT2D eigenvalue weighted by Gasteiger charge is 2.53. The van der Waals surface area contributed by atoms with Crippen LogP contribution in [0, 0.1) is 10.1 Å². The molecule has 0 radical (unpaired) electrons. The first-order chi connectivity index (χ1) is 9.57. The van der Waals surface area contributed by atoms with E-state index in [2.05, 4.69) is 4.98 Å². The number of nitro groups is 1. The molecule has 2 rings (SSSR count). The summed E-state index contributed by atoms with van der Waals surface area (Å²) in [5, 5.41) is 11.2. The molecule has 1 aliphatic rings. The Balaban J connectivity index is 2.51. The highest BCUT2D eigenvalue weighted by Crippen LogP contribution is 2.37. The van der Waals surface area contributed by atoms with E-state index in [0.29, 0.717) is 11.2 Å². The molecule has 21 heavy (non-hydrogen) atoms. The minimum atomic E-state index is -0.681. The van der Waals surface area contributed by atoms with Crippen LogP contribution in [0.15, 0.2) is 12.4 Å². The number of aromatic nitrogens is 1. The Morgan fingerprint density at radius 2 is 1.71 bits per heavy atom. The Morgan fingerprint density at radius 1 is 1.19 bits per heavy atom. The van der Waals surface area contributed by atoms with Gasteiger partial charge in [-0.15, -0.1) is 0 Å². The maximum absolute atomic E-state index is 11.2. The second kappa shape index (κ2) is 4.96. The molecule has 0 amide bonds. The average Bonchev–Trinajstić information content (AvgIpc) is 2.57. The molecule has 1 aromatic rings. The van der Waals surface area contributed by atoms with E-state index in [1.54, 1.807) is 25.2 Å². The first-order valence-corrected chi connectivity index (χ1v) is 6.72. The summed E-state index contributed by atoms with van der Waals surface area (Å²) >= 11 is 0. The maximum Gasteiger partial charge on any atom is 0.498 e. The Hall–Kier alpha value is -1.67. The standard InChI is InChI=1S/C13H20BN3O4/c1-12(2)13(3,4)21-14(20-12)9-7-15-8-10(17(18)19)11(9)16(5)6/h7-8H,1-6H3. The van der Waals surface area contributed by atoms with E-state index in [4.69, 9.17) is 9.31 Å². The number of pyridine rings is 1. The second-order valence-electron chi connectivity index (χ2n) is 6.34. The zero-order valence-corrected chi connectivity index (χ0v) is 13.2. The van der Waals surface area contributed by atoms with Crippen LogP contribution in [0.2, 0.25) is 0 Å². The van der Waals surface area contributed by atoms with Crippen LogP contribution in [0.25, 0.3) is 0 Å². The summed E-state index contributed by atoms with van der Waals surface area (Å²) < 4.78 is 11.9. The Labute approximate surface area is 124 Å². The lowest BCUT2D eigenvalue weighted by atomic mass is 9.78. The zero-order chi connectivity index (χ0) is 16.0. The number of anilines is 1. The molecule has 0 spiro atoms. The van der Waals surface area contributed by atoms with Crippen molar-refractivity contribution in [3.8, 4) is 0 Å². The molecule has 1 aromatic heterocycles. The number of hydrogen-bond acceptors (Lipinski definition) is 6. The molecule has 1 fully saturated rings. The SMILES string of the molecule is CN(C)c1c(B2OC(C)(C)C(C)(C)O2)cncc1[N+](=O)[O-]. The van der Waals surface area contributed by atoms with E-state index in [9.17, 15) is 10.1 Å². The van der Waals surface area contributed by atoms with Gasteiger partial charge >= 0.3 is 12.8 Å². The smallest absolute Gasteiger partial charge is 0.399 e. The van der Waals surface area contributed by atoms with Gasteiger partial charge in [0.05, 0.1) is 16.1 Å². The molecule has 0 atom stereocenters. The zero-order valence-electron chi connectivity index (χ0n) is 13.2. The summed E-state index contributed by atoms with van der Waals surface area (Å²) in [4.78, 5) is 16.4. The van der Waals surface area contributed by atoms with Crippen molar-refractivity contribution in [1.29, 1.82) is 0 Å². The third kappa shape index (κ3) is 2.61. The molecular weight excluding hydrogens is 273 g/mol. The molecule has 0 unspecified atom stereocenters. The average molecular weight is 293 g/mol. The fraction of sp³-hybridized carbons (Fsp3) is 0.615. The fourth-order valence-electron chi connectivity index (χ4n) is 2.22. The minimum Gasteiger partial charge on any atom is -0.399 e. The summed E-state index contributed by atoms with van der Waals surface area (Å²) in [6.45, 7) is 7.75. The van der Waals surface area contributed by atoms with Gasteiger partial charge in [-0.05, 0) is 27.7 Å². The van der Waals surface area contributed by atoms with E-state index >= 15 is 0 Å². The van der Waals surface area contributed by atoms with Gasteiger partial charge in [-0.3, -0.25) is 15.1 Å². The van der Waals surface area contributed by atoms with Crippen LogP contribution >= 0.6 is 0 Å². The molecule has 1 aliphatic heterocycles. The van der Waals surface area contributed by atoms with Crippen LogP contribution in [0.5, 0.6) is 0 Å². The molecule has 2 heterocycles. The molecule has 7 nitrogen and oxygen atoms in total. The van der Waals surface area contributed by atoms with Crippen molar-refractivity contribution in [2.24, 2.45) is 0 Å². The van der Waals surface area contributed by atoms with Crippen molar-refractivity contribution >= 4 is 24.0 Å². The summed E-state index contributed by atoms with van der Waals surface area (Å²) in [7, 11) is 2.81. The van der Waals surface area contributed by atoms with E-state index < -0.39 is 23.2 Å². The van der Waals surface area contributed by atoms with Gasteiger partial charge in [-0.25, -0.2) is 0 Å². The molecule has 0 bridgehead atoms. The van der Waals surface area contributed by atoms with Crippen molar-refractivity contribution < 1.29 is 14.2 Å². The maximum atomic E-state index is 11.2. The Morgan fingerprint density at radius 3 is 2.14 bits per heavy atom. The summed E-state index contributed by atoms with van der Waals surface area (Å²) in [5.74, 6) is 0. The van der Waals surface area contributed by atoms with Crippen LogP contribution in [-0.2, 0) is 9.31 Å². The summed E-state index contributed by atoms with van der Waals surface area (Å²) in [5.41, 5.74) is -0.0638. The van der Waals surface area contributed by atoms with E-state index in [1.807, 2.05) is 27.7 Å². The van der Waals surface area contributed by atoms with Crippen LogP contribution in [0.3, 0.4) is 0 Å². The molecule has 0 aromatic carbocycles. The number of nitrogens with zero attached hydrogens (tertiary/aromatic N) is 3. The topological polar surface area (TPSA) is 77.7 Å². The first-order valence-electron chi connectivity index (χ1n) is 6.72. The van der Waals surface area contributed by atoms with E-state index in [0.717, 1.165) is 0 Å².